The van der Waals surface area contributed by atoms with Gasteiger partial charge in [-0.2, -0.15) is 0 Å². The maximum atomic E-state index is 12.2. The number of fused-ring (bicyclic) bond motifs is 2. The Morgan fingerprint density at radius 3 is 2.89 bits per heavy atom. The van der Waals surface area contributed by atoms with E-state index in [4.69, 9.17) is 5.41 Å². The van der Waals surface area contributed by atoms with Gasteiger partial charge in [-0.15, -0.1) is 0 Å². The van der Waals surface area contributed by atoms with Crippen molar-refractivity contribution >= 4 is 11.9 Å². The maximum absolute atomic E-state index is 12.2. The monoisotopic (exact) mass is 257 g/mol. The van der Waals surface area contributed by atoms with E-state index in [1.165, 1.54) is 5.56 Å². The van der Waals surface area contributed by atoms with Crippen molar-refractivity contribution < 1.29 is 4.79 Å². The molecule has 1 spiro atoms. The van der Waals surface area contributed by atoms with Crippen molar-refractivity contribution in [3.8, 4) is 0 Å². The molecule has 1 aromatic rings. The second-order valence-electron chi connectivity index (χ2n) is 5.83. The van der Waals surface area contributed by atoms with Gasteiger partial charge >= 0.3 is 6.03 Å². The molecule has 4 nitrogen and oxygen atoms in total. The van der Waals surface area contributed by atoms with Crippen molar-refractivity contribution in [1.29, 1.82) is 5.41 Å². The first kappa shape index (κ1) is 12.2. The number of rotatable bonds is 2. The zero-order valence-corrected chi connectivity index (χ0v) is 11.4. The Hall–Kier alpha value is -1.84. The number of carbonyl (C=O) groups excluding carboxylic acids is 1. The third-order valence-corrected chi connectivity index (χ3v) is 4.12. The number of aryl methyl sites for hydroxylation is 1. The summed E-state index contributed by atoms with van der Waals surface area (Å²) in [6, 6.07) is 8.06. The molecule has 1 unspecified atom stereocenters. The number of benzene rings is 1. The van der Waals surface area contributed by atoms with Gasteiger partial charge in [0.05, 0.1) is 0 Å². The van der Waals surface area contributed by atoms with E-state index in [1.807, 2.05) is 17.0 Å². The van der Waals surface area contributed by atoms with Gasteiger partial charge in [0.1, 0.15) is 11.4 Å². The minimum Gasteiger partial charge on any atom is -0.307 e. The zero-order chi connectivity index (χ0) is 13.6. The molecule has 1 atom stereocenters. The normalized spacial score (nSPS) is 25.3. The van der Waals surface area contributed by atoms with Crippen molar-refractivity contribution in [3.63, 3.8) is 0 Å². The summed E-state index contributed by atoms with van der Waals surface area (Å²) in [7, 11) is 0. The first-order valence-corrected chi connectivity index (χ1v) is 6.81. The van der Waals surface area contributed by atoms with Gasteiger partial charge in [-0.25, -0.2) is 4.79 Å². The maximum Gasteiger partial charge on any atom is 0.323 e. The summed E-state index contributed by atoms with van der Waals surface area (Å²) in [6.07, 6.45) is 1.75. The summed E-state index contributed by atoms with van der Waals surface area (Å²) in [5.74, 6) is 0.726. The summed E-state index contributed by atoms with van der Waals surface area (Å²) in [4.78, 5) is 14.0. The van der Waals surface area contributed by atoms with E-state index in [1.54, 1.807) is 0 Å². The minimum absolute atomic E-state index is 0.129. The van der Waals surface area contributed by atoms with E-state index in [0.29, 0.717) is 18.3 Å². The molecular weight excluding hydrogens is 238 g/mol. The van der Waals surface area contributed by atoms with Gasteiger partial charge in [-0.05, 0) is 29.9 Å². The van der Waals surface area contributed by atoms with Crippen LogP contribution in [0.15, 0.2) is 24.3 Å². The second kappa shape index (κ2) is 4.08. The number of amides is 2. The van der Waals surface area contributed by atoms with E-state index in [-0.39, 0.29) is 6.03 Å². The quantitative estimate of drug-likeness (QED) is 0.840. The number of hydrogen-bond acceptors (Lipinski definition) is 2. The minimum atomic E-state index is -0.544. The highest BCUT2D eigenvalue weighted by atomic mass is 16.2. The highest BCUT2D eigenvalue weighted by Gasteiger charge is 2.54. The average Bonchev–Trinajstić information content (AvgIpc) is 2.85. The number of urea groups is 1. The average molecular weight is 257 g/mol. The van der Waals surface area contributed by atoms with E-state index in [0.717, 1.165) is 18.4 Å². The Morgan fingerprint density at radius 1 is 1.42 bits per heavy atom. The Bertz CT molecular complexity index is 552. The number of nitrogens with one attached hydrogen (secondary N) is 2. The van der Waals surface area contributed by atoms with Crippen LogP contribution in [-0.4, -0.2) is 23.3 Å². The smallest absolute Gasteiger partial charge is 0.307 e. The molecule has 0 aromatic heterocycles. The third-order valence-electron chi connectivity index (χ3n) is 4.12. The highest BCUT2D eigenvalue weighted by Crippen LogP contribution is 2.44. The first-order chi connectivity index (χ1) is 9.05. The number of nitrogens with zero attached hydrogens (tertiary/aromatic N) is 1. The molecule has 4 heteroatoms. The topological polar surface area (TPSA) is 56.2 Å². The van der Waals surface area contributed by atoms with Crippen LogP contribution < -0.4 is 5.32 Å². The highest BCUT2D eigenvalue weighted by molar-refractivity contribution is 6.09. The summed E-state index contributed by atoms with van der Waals surface area (Å²) < 4.78 is 0. The van der Waals surface area contributed by atoms with Gasteiger partial charge in [-0.1, -0.05) is 38.1 Å². The molecule has 1 saturated heterocycles. The number of carbonyl (C=O) groups is 1. The Morgan fingerprint density at radius 2 is 2.16 bits per heavy atom. The van der Waals surface area contributed by atoms with E-state index in [9.17, 15) is 4.79 Å². The largest absolute Gasteiger partial charge is 0.323 e. The second-order valence-corrected chi connectivity index (χ2v) is 5.83. The fourth-order valence-electron chi connectivity index (χ4n) is 3.32. The van der Waals surface area contributed by atoms with Crippen LogP contribution in [0.5, 0.6) is 0 Å². The van der Waals surface area contributed by atoms with Crippen molar-refractivity contribution in [1.82, 2.24) is 10.2 Å². The van der Waals surface area contributed by atoms with Gasteiger partial charge in [0.25, 0.3) is 0 Å². The summed E-state index contributed by atoms with van der Waals surface area (Å²) in [5.41, 5.74) is 1.84. The fourth-order valence-corrected chi connectivity index (χ4v) is 3.32. The fraction of sp³-hybridized carbons (Fsp3) is 0.467. The molecule has 0 saturated carbocycles. The predicted molar refractivity (Wildman–Crippen MR) is 74.2 cm³/mol. The SMILES string of the molecule is CC(C)CN1C(=O)NC(=N)C12CCc1ccccc12. The molecule has 3 rings (SSSR count). The lowest BCUT2D eigenvalue weighted by atomic mass is 9.89. The van der Waals surface area contributed by atoms with Crippen LogP contribution in [0, 0.1) is 11.3 Å². The lowest BCUT2D eigenvalue weighted by Crippen LogP contribution is -2.46. The Kier molecular flexibility index (Phi) is 2.62. The van der Waals surface area contributed by atoms with Crippen LogP contribution in [-0.2, 0) is 12.0 Å². The molecule has 0 radical (unpaired) electrons. The van der Waals surface area contributed by atoms with Crippen molar-refractivity contribution in [2.45, 2.75) is 32.2 Å². The molecule has 1 aromatic carbocycles. The van der Waals surface area contributed by atoms with E-state index in [2.05, 4.69) is 31.3 Å². The van der Waals surface area contributed by atoms with Crippen LogP contribution in [0.2, 0.25) is 0 Å². The van der Waals surface area contributed by atoms with Gasteiger partial charge in [-0.3, -0.25) is 10.7 Å². The van der Waals surface area contributed by atoms with Crippen molar-refractivity contribution in [2.24, 2.45) is 5.92 Å². The first-order valence-electron chi connectivity index (χ1n) is 6.81. The molecule has 2 aliphatic rings. The molecule has 2 N–H and O–H groups in total. The zero-order valence-electron chi connectivity index (χ0n) is 11.4. The lowest BCUT2D eigenvalue weighted by Gasteiger charge is -2.35. The predicted octanol–water partition coefficient (Wildman–Crippen LogP) is 2.49. The Balaban J connectivity index is 2.11. The van der Waals surface area contributed by atoms with Crippen molar-refractivity contribution in [2.75, 3.05) is 6.54 Å². The number of hydrogen-bond donors (Lipinski definition) is 2. The van der Waals surface area contributed by atoms with Gasteiger partial charge in [0, 0.05) is 6.54 Å². The van der Waals surface area contributed by atoms with Crippen LogP contribution in [0.25, 0.3) is 0 Å². The molecule has 19 heavy (non-hydrogen) atoms. The molecule has 2 amide bonds. The lowest BCUT2D eigenvalue weighted by molar-refractivity contribution is 0.161. The van der Waals surface area contributed by atoms with Gasteiger partial charge < -0.3 is 4.90 Å². The summed E-state index contributed by atoms with van der Waals surface area (Å²) in [5, 5.41) is 11.0. The van der Waals surface area contributed by atoms with Crippen LogP contribution in [0.3, 0.4) is 0 Å². The van der Waals surface area contributed by atoms with Crippen LogP contribution in [0.1, 0.15) is 31.4 Å². The molecule has 1 aliphatic heterocycles. The molecule has 0 bridgehead atoms. The summed E-state index contributed by atoms with van der Waals surface area (Å²) >= 11 is 0. The van der Waals surface area contributed by atoms with E-state index >= 15 is 0 Å². The van der Waals surface area contributed by atoms with E-state index < -0.39 is 5.54 Å². The summed E-state index contributed by atoms with van der Waals surface area (Å²) in [6.45, 7) is 4.89. The van der Waals surface area contributed by atoms with Crippen LogP contribution in [0.4, 0.5) is 4.79 Å². The molecule has 1 aliphatic carbocycles. The molecular formula is C15H19N3O. The molecule has 1 fully saturated rings. The third kappa shape index (κ3) is 1.59. The van der Waals surface area contributed by atoms with Gasteiger partial charge in [0.15, 0.2) is 0 Å². The van der Waals surface area contributed by atoms with Crippen LogP contribution >= 0.6 is 0 Å². The number of amidine groups is 1. The molecule has 1 heterocycles. The standard InChI is InChI=1S/C15H19N3O/c1-10(2)9-18-14(19)17-13(16)15(18)8-7-11-5-3-4-6-12(11)15/h3-6,10H,7-9H2,1-2H3,(H2,16,17,19). The Labute approximate surface area is 113 Å². The van der Waals surface area contributed by atoms with Gasteiger partial charge in [0.2, 0.25) is 0 Å². The van der Waals surface area contributed by atoms with Crippen molar-refractivity contribution in [3.05, 3.63) is 35.4 Å². The molecule has 100 valence electrons.